The first kappa shape index (κ1) is 30.4. The van der Waals surface area contributed by atoms with E-state index in [-0.39, 0.29) is 11.4 Å². The standard InChI is InChI=1S/C17H23ClN2O4.C10H10ClNO3/c1-10(16(22)23-4)17(2,3)20-15(21)13-7-14(12(18)8-19-13)24-9-11-5-6-11;11-7-4-12-8(10(13)14)3-9(7)15-5-6-1-2-6/h7-8,10-11H,5-6,9H2,1-4H3,(H,20,21);3-4,6H,1-2,5H2,(H,13,14). The van der Waals surface area contributed by atoms with Gasteiger partial charge >= 0.3 is 11.9 Å². The summed E-state index contributed by atoms with van der Waals surface area (Å²) < 4.78 is 15.8. The lowest BCUT2D eigenvalue weighted by atomic mass is 9.89. The maximum absolute atomic E-state index is 12.5. The SMILES string of the molecule is COC(=O)C(C)C(C)(C)NC(=O)c1cc(OCC2CC2)c(Cl)cn1.O=C(O)c1cc(OCC2CC2)c(Cl)cn1. The van der Waals surface area contributed by atoms with Crippen LogP contribution in [0.5, 0.6) is 11.5 Å². The first-order valence-corrected chi connectivity index (χ1v) is 13.4. The fourth-order valence-corrected chi connectivity index (χ4v) is 3.54. The second-order valence-corrected chi connectivity index (χ2v) is 11.0. The minimum absolute atomic E-state index is 0.0507. The minimum atomic E-state index is -1.08. The van der Waals surface area contributed by atoms with Gasteiger partial charge in [0.15, 0.2) is 5.69 Å². The number of ether oxygens (including phenoxy) is 3. The van der Waals surface area contributed by atoms with Gasteiger partial charge < -0.3 is 24.6 Å². The van der Waals surface area contributed by atoms with E-state index in [0.29, 0.717) is 46.6 Å². The molecule has 0 bridgehead atoms. The number of nitrogens with one attached hydrogen (secondary N) is 1. The average Bonchev–Trinajstić information content (AvgIpc) is 3.82. The summed E-state index contributed by atoms with van der Waals surface area (Å²) in [6, 6.07) is 2.88. The molecule has 10 nitrogen and oxygen atoms in total. The average molecular weight is 582 g/mol. The Morgan fingerprint density at radius 2 is 1.44 bits per heavy atom. The van der Waals surface area contributed by atoms with Crippen LogP contribution in [0.15, 0.2) is 24.5 Å². The number of amides is 1. The van der Waals surface area contributed by atoms with Gasteiger partial charge in [-0.15, -0.1) is 0 Å². The van der Waals surface area contributed by atoms with E-state index in [1.807, 2.05) is 0 Å². The van der Waals surface area contributed by atoms with Crippen molar-refractivity contribution in [2.75, 3.05) is 20.3 Å². The number of carboxylic acids is 1. The van der Waals surface area contributed by atoms with Crippen LogP contribution in [0.2, 0.25) is 10.0 Å². The first-order chi connectivity index (χ1) is 18.4. The van der Waals surface area contributed by atoms with Crippen molar-refractivity contribution in [1.82, 2.24) is 15.3 Å². The Morgan fingerprint density at radius 3 is 1.87 bits per heavy atom. The number of hydrogen-bond acceptors (Lipinski definition) is 8. The lowest BCUT2D eigenvalue weighted by molar-refractivity contribution is -0.147. The highest BCUT2D eigenvalue weighted by Crippen LogP contribution is 2.32. The fourth-order valence-electron chi connectivity index (χ4n) is 3.22. The van der Waals surface area contributed by atoms with Crippen LogP contribution in [0.1, 0.15) is 67.4 Å². The number of methoxy groups -OCH3 is 1. The van der Waals surface area contributed by atoms with E-state index in [1.54, 1.807) is 20.8 Å². The molecule has 2 aromatic heterocycles. The summed E-state index contributed by atoms with van der Waals surface area (Å²) in [5, 5.41) is 12.3. The third kappa shape index (κ3) is 9.25. The van der Waals surface area contributed by atoms with Crippen molar-refractivity contribution in [3.05, 3.63) is 46.0 Å². The second-order valence-electron chi connectivity index (χ2n) is 10.2. The van der Waals surface area contributed by atoms with E-state index in [0.717, 1.165) is 12.8 Å². The highest BCUT2D eigenvalue weighted by molar-refractivity contribution is 6.32. The normalized spacial score (nSPS) is 15.3. The van der Waals surface area contributed by atoms with Crippen LogP contribution in [-0.4, -0.2) is 58.8 Å². The summed E-state index contributed by atoms with van der Waals surface area (Å²) in [7, 11) is 1.32. The molecule has 0 aliphatic heterocycles. The number of aromatic nitrogens is 2. The summed E-state index contributed by atoms with van der Waals surface area (Å²) in [5.74, 6) is -0.360. The van der Waals surface area contributed by atoms with Crippen LogP contribution in [0.3, 0.4) is 0 Å². The number of halogens is 2. The maximum Gasteiger partial charge on any atom is 0.354 e. The van der Waals surface area contributed by atoms with Crippen LogP contribution in [0.4, 0.5) is 0 Å². The molecular weight excluding hydrogens is 549 g/mol. The molecule has 2 aromatic rings. The van der Waals surface area contributed by atoms with Crippen molar-refractivity contribution in [2.45, 2.75) is 52.0 Å². The molecule has 2 saturated carbocycles. The Balaban J connectivity index is 0.000000239. The van der Waals surface area contributed by atoms with Gasteiger partial charge in [0.1, 0.15) is 27.2 Å². The number of carboxylic acid groups (broad SMARTS) is 1. The van der Waals surface area contributed by atoms with Crippen molar-refractivity contribution in [2.24, 2.45) is 17.8 Å². The number of nitrogens with zero attached hydrogens (tertiary/aromatic N) is 2. The van der Waals surface area contributed by atoms with Crippen molar-refractivity contribution < 1.29 is 33.7 Å². The van der Waals surface area contributed by atoms with Crippen molar-refractivity contribution in [1.29, 1.82) is 0 Å². The Labute approximate surface area is 237 Å². The predicted molar refractivity (Wildman–Crippen MR) is 145 cm³/mol. The van der Waals surface area contributed by atoms with Crippen molar-refractivity contribution >= 4 is 41.0 Å². The Kier molecular flexibility index (Phi) is 10.4. The molecule has 12 heteroatoms. The van der Waals surface area contributed by atoms with Gasteiger partial charge in [-0.2, -0.15) is 0 Å². The topological polar surface area (TPSA) is 137 Å². The molecule has 2 fully saturated rings. The van der Waals surface area contributed by atoms with Gasteiger partial charge in [-0.05, 0) is 58.3 Å². The molecule has 212 valence electrons. The van der Waals surface area contributed by atoms with Gasteiger partial charge in [0.25, 0.3) is 5.91 Å². The number of hydrogen-bond donors (Lipinski definition) is 2. The van der Waals surface area contributed by atoms with Gasteiger partial charge in [0.05, 0.1) is 38.6 Å². The van der Waals surface area contributed by atoms with Crippen molar-refractivity contribution in [3.8, 4) is 11.5 Å². The number of carbonyl (C=O) groups excluding carboxylic acids is 2. The summed E-state index contributed by atoms with van der Waals surface area (Å²) in [6.07, 6.45) is 7.37. The molecule has 1 atom stereocenters. The van der Waals surface area contributed by atoms with Crippen LogP contribution in [0.25, 0.3) is 0 Å². The highest BCUT2D eigenvalue weighted by atomic mass is 35.5. The van der Waals surface area contributed by atoms with Crippen LogP contribution >= 0.6 is 23.2 Å². The van der Waals surface area contributed by atoms with E-state index in [4.69, 9.17) is 42.5 Å². The van der Waals surface area contributed by atoms with E-state index < -0.39 is 29.3 Å². The number of esters is 1. The van der Waals surface area contributed by atoms with Gasteiger partial charge in [-0.3, -0.25) is 9.59 Å². The van der Waals surface area contributed by atoms with E-state index >= 15 is 0 Å². The Morgan fingerprint density at radius 1 is 0.974 bits per heavy atom. The number of pyridine rings is 2. The lowest BCUT2D eigenvalue weighted by Crippen LogP contribution is -2.51. The monoisotopic (exact) mass is 581 g/mol. The molecule has 39 heavy (non-hydrogen) atoms. The second kappa shape index (κ2) is 13.3. The number of aromatic carboxylic acids is 1. The van der Waals surface area contributed by atoms with Gasteiger partial charge in [-0.1, -0.05) is 23.2 Å². The highest BCUT2D eigenvalue weighted by Gasteiger charge is 2.34. The molecule has 0 saturated heterocycles. The molecule has 1 unspecified atom stereocenters. The summed E-state index contributed by atoms with van der Waals surface area (Å²) in [4.78, 5) is 42.5. The fraction of sp³-hybridized carbons (Fsp3) is 0.519. The quantitative estimate of drug-likeness (QED) is 0.348. The molecule has 2 aliphatic rings. The van der Waals surface area contributed by atoms with E-state index in [1.165, 1.54) is 44.5 Å². The molecule has 0 radical (unpaired) electrons. The molecule has 1 amide bonds. The molecule has 2 aliphatic carbocycles. The summed E-state index contributed by atoms with van der Waals surface area (Å²) >= 11 is 11.9. The largest absolute Gasteiger partial charge is 0.492 e. The predicted octanol–water partition coefficient (Wildman–Crippen LogP) is 5.06. The van der Waals surface area contributed by atoms with Crippen molar-refractivity contribution in [3.63, 3.8) is 0 Å². The smallest absolute Gasteiger partial charge is 0.354 e. The molecule has 2 N–H and O–H groups in total. The zero-order valence-corrected chi connectivity index (χ0v) is 23.8. The maximum atomic E-state index is 12.5. The molecule has 0 aromatic carbocycles. The molecular formula is C27H33Cl2N3O7. The zero-order valence-electron chi connectivity index (χ0n) is 22.3. The third-order valence-corrected chi connectivity index (χ3v) is 7.08. The molecule has 2 heterocycles. The summed E-state index contributed by atoms with van der Waals surface area (Å²) in [5.41, 5.74) is -0.652. The summed E-state index contributed by atoms with van der Waals surface area (Å²) in [6.45, 7) is 6.41. The minimum Gasteiger partial charge on any atom is -0.492 e. The third-order valence-electron chi connectivity index (χ3n) is 6.51. The van der Waals surface area contributed by atoms with Gasteiger partial charge in [-0.25, -0.2) is 14.8 Å². The Bertz CT molecular complexity index is 1200. The van der Waals surface area contributed by atoms with E-state index in [2.05, 4.69) is 15.3 Å². The Hall–Kier alpha value is -3.11. The molecule has 0 spiro atoms. The van der Waals surface area contributed by atoms with Crippen LogP contribution < -0.4 is 14.8 Å². The first-order valence-electron chi connectivity index (χ1n) is 12.6. The number of carbonyl (C=O) groups is 3. The van der Waals surface area contributed by atoms with Crippen LogP contribution in [-0.2, 0) is 9.53 Å². The number of rotatable bonds is 11. The van der Waals surface area contributed by atoms with E-state index in [9.17, 15) is 14.4 Å². The van der Waals surface area contributed by atoms with Crippen LogP contribution in [0, 0.1) is 17.8 Å². The van der Waals surface area contributed by atoms with Gasteiger partial charge in [0, 0.05) is 17.7 Å². The zero-order chi connectivity index (χ0) is 28.7. The molecule has 4 rings (SSSR count). The van der Waals surface area contributed by atoms with Gasteiger partial charge in [0.2, 0.25) is 0 Å². The lowest BCUT2D eigenvalue weighted by Gasteiger charge is -2.30.